The van der Waals surface area contributed by atoms with Gasteiger partial charge < -0.3 is 10.0 Å². The third-order valence-electron chi connectivity index (χ3n) is 5.01. The van der Waals surface area contributed by atoms with Crippen molar-refractivity contribution in [2.24, 2.45) is 17.8 Å². The molecule has 3 atom stereocenters. The molecule has 0 aromatic heterocycles. The fourth-order valence-electron chi connectivity index (χ4n) is 4.09. The summed E-state index contributed by atoms with van der Waals surface area (Å²) in [5, 5.41) is 9.19. The van der Waals surface area contributed by atoms with Gasteiger partial charge in [-0.2, -0.15) is 0 Å². The van der Waals surface area contributed by atoms with Crippen molar-refractivity contribution in [3.05, 3.63) is 29.6 Å². The van der Waals surface area contributed by atoms with Gasteiger partial charge in [0.05, 0.1) is 5.69 Å². The Morgan fingerprint density at radius 1 is 1.40 bits per heavy atom. The van der Waals surface area contributed by atoms with Gasteiger partial charge in [-0.05, 0) is 49.1 Å². The third-order valence-corrected chi connectivity index (χ3v) is 5.01. The Kier molecular flexibility index (Phi) is 3.40. The quantitative estimate of drug-likeness (QED) is 0.917. The van der Waals surface area contributed by atoms with Crippen molar-refractivity contribution in [1.29, 1.82) is 0 Å². The second kappa shape index (κ2) is 5.08. The number of halogens is 1. The van der Waals surface area contributed by atoms with Crippen LogP contribution in [0.5, 0.6) is 0 Å². The van der Waals surface area contributed by atoms with Crippen LogP contribution in [0.4, 0.5) is 10.1 Å². The molecule has 108 valence electrons. The number of hydrogen-bond donors (Lipinski definition) is 1. The first-order chi connectivity index (χ1) is 9.56. The van der Waals surface area contributed by atoms with Crippen LogP contribution in [-0.2, 0) is 0 Å². The number of carboxylic acid groups (broad SMARTS) is 1. The van der Waals surface area contributed by atoms with E-state index >= 15 is 0 Å². The lowest BCUT2D eigenvalue weighted by Gasteiger charge is -2.29. The van der Waals surface area contributed by atoms with E-state index in [1.807, 2.05) is 11.9 Å². The Labute approximate surface area is 118 Å². The maximum Gasteiger partial charge on any atom is 0.340 e. The van der Waals surface area contributed by atoms with E-state index in [2.05, 4.69) is 0 Å². The first kappa shape index (κ1) is 13.4. The van der Waals surface area contributed by atoms with Gasteiger partial charge in [-0.15, -0.1) is 0 Å². The monoisotopic (exact) mass is 277 g/mol. The normalized spacial score (nSPS) is 27.8. The summed E-state index contributed by atoms with van der Waals surface area (Å²) in [7, 11) is 1.87. The van der Waals surface area contributed by atoms with Gasteiger partial charge in [0.15, 0.2) is 0 Å². The lowest BCUT2D eigenvalue weighted by molar-refractivity contribution is 0.0692. The highest BCUT2D eigenvalue weighted by molar-refractivity contribution is 5.94. The van der Waals surface area contributed by atoms with Gasteiger partial charge in [0, 0.05) is 13.6 Å². The molecule has 2 bridgehead atoms. The van der Waals surface area contributed by atoms with Crippen molar-refractivity contribution >= 4 is 11.7 Å². The molecule has 4 heteroatoms. The molecule has 3 nitrogen and oxygen atoms in total. The molecule has 0 spiro atoms. The molecule has 3 unspecified atom stereocenters. The number of anilines is 1. The number of benzene rings is 1. The summed E-state index contributed by atoms with van der Waals surface area (Å²) in [6, 6.07) is 4.48. The molecule has 0 saturated heterocycles. The fourth-order valence-corrected chi connectivity index (χ4v) is 4.09. The summed E-state index contributed by atoms with van der Waals surface area (Å²) >= 11 is 0. The highest BCUT2D eigenvalue weighted by Crippen LogP contribution is 2.48. The molecule has 1 aromatic rings. The van der Waals surface area contributed by atoms with Crippen LogP contribution in [0, 0.1) is 23.6 Å². The predicted molar refractivity (Wildman–Crippen MR) is 75.6 cm³/mol. The van der Waals surface area contributed by atoms with Gasteiger partial charge in [-0.1, -0.05) is 12.5 Å². The van der Waals surface area contributed by atoms with Crippen molar-refractivity contribution < 1.29 is 14.3 Å². The number of rotatable bonds is 4. The van der Waals surface area contributed by atoms with Gasteiger partial charge in [-0.25, -0.2) is 9.18 Å². The summed E-state index contributed by atoms with van der Waals surface area (Å²) in [6.07, 6.45) is 5.23. The second-order valence-corrected chi connectivity index (χ2v) is 6.25. The van der Waals surface area contributed by atoms with Crippen LogP contribution in [0.15, 0.2) is 18.2 Å². The number of fused-ring (bicyclic) bond motifs is 2. The van der Waals surface area contributed by atoms with Crippen LogP contribution in [-0.4, -0.2) is 24.7 Å². The van der Waals surface area contributed by atoms with Crippen molar-refractivity contribution in [2.75, 3.05) is 18.5 Å². The number of hydrogen-bond acceptors (Lipinski definition) is 2. The summed E-state index contributed by atoms with van der Waals surface area (Å²) in [5.41, 5.74) is 0.276. The molecule has 0 radical (unpaired) electrons. The van der Waals surface area contributed by atoms with E-state index < -0.39 is 11.8 Å². The molecule has 3 rings (SSSR count). The van der Waals surface area contributed by atoms with E-state index in [4.69, 9.17) is 0 Å². The largest absolute Gasteiger partial charge is 0.478 e. The van der Waals surface area contributed by atoms with E-state index in [9.17, 15) is 14.3 Å². The van der Waals surface area contributed by atoms with E-state index in [0.717, 1.165) is 18.4 Å². The molecule has 2 saturated carbocycles. The molecule has 2 fully saturated rings. The Balaban J connectivity index is 1.79. The highest BCUT2D eigenvalue weighted by Gasteiger charge is 2.39. The van der Waals surface area contributed by atoms with Gasteiger partial charge in [-0.3, -0.25) is 0 Å². The van der Waals surface area contributed by atoms with Crippen LogP contribution in [0.3, 0.4) is 0 Å². The standard InChI is InChI=1S/C16H20FNO2/c1-18(9-12-8-10-5-6-11(12)7-10)14-4-2-3-13(17)15(14)16(19)20/h2-4,10-12H,5-9H2,1H3,(H,19,20). The van der Waals surface area contributed by atoms with E-state index in [1.54, 1.807) is 12.1 Å². The lowest BCUT2D eigenvalue weighted by atomic mass is 9.88. The molecular formula is C16H20FNO2. The van der Waals surface area contributed by atoms with E-state index in [-0.39, 0.29) is 5.56 Å². The average molecular weight is 277 g/mol. The van der Waals surface area contributed by atoms with Crippen LogP contribution in [0.25, 0.3) is 0 Å². The van der Waals surface area contributed by atoms with Gasteiger partial charge in [0.25, 0.3) is 0 Å². The Bertz CT molecular complexity index is 531. The first-order valence-corrected chi connectivity index (χ1v) is 7.29. The smallest absolute Gasteiger partial charge is 0.340 e. The van der Waals surface area contributed by atoms with Crippen LogP contribution >= 0.6 is 0 Å². The van der Waals surface area contributed by atoms with Gasteiger partial charge in [0.2, 0.25) is 0 Å². The summed E-state index contributed by atoms with van der Waals surface area (Å²) in [4.78, 5) is 13.2. The summed E-state index contributed by atoms with van der Waals surface area (Å²) in [6.45, 7) is 0.824. The summed E-state index contributed by atoms with van der Waals surface area (Å²) < 4.78 is 13.7. The maximum atomic E-state index is 13.7. The maximum absolute atomic E-state index is 13.7. The molecule has 2 aliphatic carbocycles. The third kappa shape index (κ3) is 2.28. The molecular weight excluding hydrogens is 257 g/mol. The molecule has 0 aliphatic heterocycles. The average Bonchev–Trinajstić information content (AvgIpc) is 3.00. The second-order valence-electron chi connectivity index (χ2n) is 6.25. The number of aromatic carboxylic acids is 1. The zero-order valence-electron chi connectivity index (χ0n) is 11.7. The lowest BCUT2D eigenvalue weighted by Crippen LogP contribution is -2.30. The van der Waals surface area contributed by atoms with Crippen molar-refractivity contribution in [3.8, 4) is 0 Å². The molecule has 0 heterocycles. The van der Waals surface area contributed by atoms with Crippen molar-refractivity contribution in [3.63, 3.8) is 0 Å². The molecule has 1 N–H and O–H groups in total. The first-order valence-electron chi connectivity index (χ1n) is 7.29. The van der Waals surface area contributed by atoms with E-state index in [1.165, 1.54) is 31.7 Å². The molecule has 20 heavy (non-hydrogen) atoms. The number of nitrogens with zero attached hydrogens (tertiary/aromatic N) is 1. The van der Waals surface area contributed by atoms with Gasteiger partial charge >= 0.3 is 5.97 Å². The summed E-state index contributed by atoms with van der Waals surface area (Å²) in [5.74, 6) is 0.422. The Hall–Kier alpha value is -1.58. The molecule has 2 aliphatic rings. The fraction of sp³-hybridized carbons (Fsp3) is 0.562. The minimum atomic E-state index is -1.20. The van der Waals surface area contributed by atoms with Gasteiger partial charge in [0.1, 0.15) is 11.4 Å². The predicted octanol–water partition coefficient (Wildman–Crippen LogP) is 3.40. The zero-order chi connectivity index (χ0) is 14.3. The van der Waals surface area contributed by atoms with Crippen LogP contribution in [0.2, 0.25) is 0 Å². The van der Waals surface area contributed by atoms with E-state index in [0.29, 0.717) is 11.6 Å². The topological polar surface area (TPSA) is 40.5 Å². The van der Waals surface area contributed by atoms with Crippen LogP contribution < -0.4 is 4.90 Å². The number of carboxylic acids is 1. The highest BCUT2D eigenvalue weighted by atomic mass is 19.1. The molecule has 1 aromatic carbocycles. The van der Waals surface area contributed by atoms with Crippen molar-refractivity contribution in [1.82, 2.24) is 0 Å². The zero-order valence-corrected chi connectivity index (χ0v) is 11.7. The van der Waals surface area contributed by atoms with Crippen molar-refractivity contribution in [2.45, 2.75) is 25.7 Å². The minimum absolute atomic E-state index is 0.210. The minimum Gasteiger partial charge on any atom is -0.478 e. The molecule has 0 amide bonds. The Morgan fingerprint density at radius 3 is 2.80 bits per heavy atom. The Morgan fingerprint density at radius 2 is 2.20 bits per heavy atom. The number of carbonyl (C=O) groups is 1. The SMILES string of the molecule is CN(CC1CC2CCC1C2)c1cccc(F)c1C(=O)O. The van der Waals surface area contributed by atoms with Crippen LogP contribution in [0.1, 0.15) is 36.0 Å².